The van der Waals surface area contributed by atoms with Gasteiger partial charge in [0.25, 0.3) is 0 Å². The minimum Gasteiger partial charge on any atom is -0.486 e. The molecule has 0 saturated heterocycles. The molecule has 55 heavy (non-hydrogen) atoms. The van der Waals surface area contributed by atoms with Crippen molar-refractivity contribution in [2.75, 3.05) is 0 Å². The van der Waals surface area contributed by atoms with Crippen molar-refractivity contribution in [3.05, 3.63) is 150 Å². The number of nitrogens with zero attached hydrogens (tertiary/aromatic N) is 4. The van der Waals surface area contributed by atoms with Crippen LogP contribution in [0.1, 0.15) is 37.5 Å². The Kier molecular flexibility index (Phi) is 9.04. The van der Waals surface area contributed by atoms with E-state index in [1.54, 1.807) is 18.3 Å². The number of furan rings is 1. The Hall–Kier alpha value is -5.20. The van der Waals surface area contributed by atoms with Gasteiger partial charge in [-0.05, 0) is 77.3 Å². The quantitative estimate of drug-likeness (QED) is 0.123. The zero-order valence-electron chi connectivity index (χ0n) is 36.7. The zero-order chi connectivity index (χ0) is 41.9. The molecule has 4 aromatic heterocycles. The topological polar surface area (TPSA) is 56.7 Å². The second kappa shape index (κ2) is 15.5. The van der Waals surface area contributed by atoms with Crippen LogP contribution in [-0.4, -0.2) is 27.6 Å². The molecule has 0 bridgehead atoms. The van der Waals surface area contributed by atoms with E-state index in [-0.39, 0.29) is 31.6 Å². The molecule has 9 aromatic rings. The fourth-order valence-electron chi connectivity index (χ4n) is 6.87. The minimum atomic E-state index is -2.16. The molecule has 0 aliphatic rings. The first-order valence-electron chi connectivity index (χ1n) is 20.7. The van der Waals surface area contributed by atoms with Crippen molar-refractivity contribution in [3.63, 3.8) is 0 Å². The van der Waals surface area contributed by atoms with Crippen LogP contribution < -0.4 is 5.19 Å². The van der Waals surface area contributed by atoms with Gasteiger partial charge >= 0.3 is 0 Å². The number of hydrogen-bond acceptors (Lipinski definition) is 4. The van der Waals surface area contributed by atoms with Gasteiger partial charge in [-0.15, -0.1) is 53.6 Å². The Morgan fingerprint density at radius 2 is 1.65 bits per heavy atom. The Bertz CT molecular complexity index is 3000. The van der Waals surface area contributed by atoms with E-state index in [1.165, 1.54) is 16.8 Å². The van der Waals surface area contributed by atoms with E-state index >= 15 is 0 Å². The van der Waals surface area contributed by atoms with Crippen molar-refractivity contribution in [2.45, 2.75) is 53.6 Å². The second-order valence-electron chi connectivity index (χ2n) is 14.9. The summed E-state index contributed by atoms with van der Waals surface area (Å²) < 4.78 is 48.0. The van der Waals surface area contributed by atoms with Gasteiger partial charge in [0.2, 0.25) is 5.71 Å². The van der Waals surface area contributed by atoms with Crippen LogP contribution in [0.5, 0.6) is 0 Å². The molecule has 0 saturated carbocycles. The molecule has 5 nitrogen and oxygen atoms in total. The van der Waals surface area contributed by atoms with Gasteiger partial charge in [-0.2, -0.15) is 0 Å². The van der Waals surface area contributed by atoms with Crippen LogP contribution in [0.25, 0.3) is 72.2 Å². The van der Waals surface area contributed by atoms with Gasteiger partial charge < -0.3 is 14.0 Å². The summed E-state index contributed by atoms with van der Waals surface area (Å²) in [5.41, 5.74) is 8.36. The van der Waals surface area contributed by atoms with Gasteiger partial charge in [-0.3, -0.25) is 4.98 Å². The molecule has 5 aromatic carbocycles. The van der Waals surface area contributed by atoms with Crippen molar-refractivity contribution in [2.24, 2.45) is 5.92 Å². The van der Waals surface area contributed by atoms with Crippen molar-refractivity contribution >= 4 is 57.1 Å². The maximum absolute atomic E-state index is 8.59. The fraction of sp³-hybridized carbons (Fsp3) is 0.188. The third kappa shape index (κ3) is 7.70. The number of para-hydroxylation sites is 2. The first-order valence-corrected chi connectivity index (χ1v) is 21.7. The monoisotopic (exact) mass is 918 g/mol. The Morgan fingerprint density at radius 1 is 0.855 bits per heavy atom. The summed E-state index contributed by atoms with van der Waals surface area (Å²) in [5.74, 6) is 0.627. The van der Waals surface area contributed by atoms with Gasteiger partial charge in [-0.1, -0.05) is 105 Å². The van der Waals surface area contributed by atoms with Crippen LogP contribution in [0.4, 0.5) is 0 Å². The van der Waals surface area contributed by atoms with Gasteiger partial charge in [0.1, 0.15) is 0 Å². The van der Waals surface area contributed by atoms with Gasteiger partial charge in [0.05, 0.1) is 30.5 Å². The van der Waals surface area contributed by atoms with Crippen LogP contribution in [0, 0.1) is 31.8 Å². The smallest absolute Gasteiger partial charge is 0.216 e. The SMILES string of the molecule is Cc1ccc2c(n1)oc1c(-c3nc4ccccc4n3-c3ccc4ccccc4c3)[c-]ccc12.[2H]C([2H])([2H])c1c[c-]c(-c2cc(C([2H])([2H])C(C)C)c([Si](C)(C)C)cn2)cc1.[Ir]. The van der Waals surface area contributed by atoms with Crippen molar-refractivity contribution < 1.29 is 31.4 Å². The number of fused-ring (bicyclic) bond motifs is 5. The first-order chi connectivity index (χ1) is 28.0. The molecule has 0 aliphatic carbocycles. The van der Waals surface area contributed by atoms with Crippen LogP contribution >= 0.6 is 0 Å². The van der Waals surface area contributed by atoms with Crippen LogP contribution in [0.2, 0.25) is 19.6 Å². The van der Waals surface area contributed by atoms with Crippen LogP contribution in [-0.2, 0) is 26.5 Å². The van der Waals surface area contributed by atoms with Gasteiger partial charge in [-0.25, -0.2) is 4.98 Å². The van der Waals surface area contributed by atoms with Crippen molar-refractivity contribution in [3.8, 4) is 28.3 Å². The second-order valence-corrected chi connectivity index (χ2v) is 20.0. The maximum atomic E-state index is 8.59. The summed E-state index contributed by atoms with van der Waals surface area (Å²) >= 11 is 0. The van der Waals surface area contributed by atoms with E-state index in [2.05, 4.69) is 101 Å². The molecule has 0 spiro atoms. The van der Waals surface area contributed by atoms with E-state index in [0.717, 1.165) is 55.3 Å². The average Bonchev–Trinajstić information content (AvgIpc) is 3.78. The summed E-state index contributed by atoms with van der Waals surface area (Å²) in [5, 5.41) is 5.42. The van der Waals surface area contributed by atoms with Crippen molar-refractivity contribution in [1.82, 2.24) is 19.5 Å². The van der Waals surface area contributed by atoms with E-state index < -0.39 is 21.3 Å². The van der Waals surface area contributed by atoms with Gasteiger partial charge in [0.15, 0.2) is 0 Å². The summed E-state index contributed by atoms with van der Waals surface area (Å²) in [6.07, 6.45) is 0.328. The molecular formula is C48H44IrN4OSi-2. The standard InChI is InChI=1S/C29H18N3O.C19H26NSi.Ir/c1-18-13-16-23-22-9-6-10-24(27(22)33-29(23)30-18)28-31-25-11-4-5-12-26(25)32(28)21-15-14-19-7-2-3-8-20(19)17-21;1-14(2)11-17-12-18(16-9-7-15(3)8-10-16)20-13-19(17)21(4,5)6;/h2-9,11-17H,1H3;7-9,12-14H,11H2,1-6H3;/q2*-1;/i;3D3,11D2;. The van der Waals surface area contributed by atoms with Crippen LogP contribution in [0.3, 0.4) is 0 Å². The largest absolute Gasteiger partial charge is 0.486 e. The van der Waals surface area contributed by atoms with Crippen molar-refractivity contribution in [1.29, 1.82) is 0 Å². The summed E-state index contributed by atoms with van der Waals surface area (Å²) in [6, 6.07) is 44.1. The predicted molar refractivity (Wildman–Crippen MR) is 227 cm³/mol. The Labute approximate surface area is 344 Å². The predicted octanol–water partition coefficient (Wildman–Crippen LogP) is 11.8. The molecule has 0 N–H and O–H groups in total. The summed E-state index contributed by atoms with van der Waals surface area (Å²) in [4.78, 5) is 14.2. The zero-order valence-corrected chi connectivity index (χ0v) is 35.0. The Balaban J connectivity index is 0.000000185. The molecule has 0 fully saturated rings. The third-order valence-electron chi connectivity index (χ3n) is 9.46. The molecule has 0 aliphatic heterocycles. The molecule has 1 radical (unpaired) electrons. The van der Waals surface area contributed by atoms with Crippen LogP contribution in [0.15, 0.2) is 126 Å². The third-order valence-corrected chi connectivity index (χ3v) is 11.5. The molecule has 7 heteroatoms. The van der Waals surface area contributed by atoms with E-state index in [4.69, 9.17) is 16.3 Å². The Morgan fingerprint density at radius 3 is 2.42 bits per heavy atom. The molecular weight excluding hydrogens is 869 g/mol. The number of aromatic nitrogens is 4. The summed E-state index contributed by atoms with van der Waals surface area (Å²) in [7, 11) is -1.78. The summed E-state index contributed by atoms with van der Waals surface area (Å²) in [6.45, 7) is 10.1. The number of pyridine rings is 2. The molecule has 277 valence electrons. The molecule has 4 heterocycles. The number of hydrogen-bond donors (Lipinski definition) is 0. The fourth-order valence-corrected chi connectivity index (χ4v) is 8.27. The molecule has 0 amide bonds. The molecule has 0 atom stereocenters. The number of rotatable bonds is 6. The van der Waals surface area contributed by atoms with E-state index in [0.29, 0.717) is 22.5 Å². The number of aryl methyl sites for hydroxylation is 2. The first kappa shape index (κ1) is 32.1. The molecule has 0 unspecified atom stereocenters. The number of benzene rings is 5. The van der Waals surface area contributed by atoms with E-state index in [1.807, 2.05) is 63.2 Å². The normalized spacial score (nSPS) is 13.5. The molecule has 9 rings (SSSR count). The minimum absolute atomic E-state index is 0. The number of imidazole rings is 1. The van der Waals surface area contributed by atoms with Gasteiger partial charge in [0, 0.05) is 49.9 Å². The van der Waals surface area contributed by atoms with E-state index in [9.17, 15) is 0 Å². The maximum Gasteiger partial charge on any atom is 0.216 e. The average molecular weight is 918 g/mol.